The lowest BCUT2D eigenvalue weighted by molar-refractivity contribution is 0.122. The van der Waals surface area contributed by atoms with Crippen molar-refractivity contribution in [3.05, 3.63) is 71.3 Å². The van der Waals surface area contributed by atoms with E-state index in [2.05, 4.69) is 58.0 Å². The van der Waals surface area contributed by atoms with Crippen LogP contribution in [0.2, 0.25) is 0 Å². The van der Waals surface area contributed by atoms with Crippen LogP contribution in [-0.4, -0.2) is 59.5 Å². The number of aromatic amines is 1. The SMILES string of the molecule is Cc1[nH]c2ccc(Cc3cc(N4CCOCC4)nc(OCCOc4cccnc4)n3)cc2c1C. The van der Waals surface area contributed by atoms with Gasteiger partial charge in [0.15, 0.2) is 0 Å². The van der Waals surface area contributed by atoms with E-state index >= 15 is 0 Å². The molecule has 176 valence electrons. The molecule has 34 heavy (non-hydrogen) atoms. The van der Waals surface area contributed by atoms with Crippen molar-refractivity contribution in [2.45, 2.75) is 20.3 Å². The van der Waals surface area contributed by atoms with Gasteiger partial charge in [-0.05, 0) is 49.2 Å². The van der Waals surface area contributed by atoms with E-state index in [0.717, 1.165) is 30.1 Å². The van der Waals surface area contributed by atoms with E-state index in [1.807, 2.05) is 12.1 Å². The number of pyridine rings is 1. The van der Waals surface area contributed by atoms with Gasteiger partial charge in [-0.25, -0.2) is 0 Å². The zero-order chi connectivity index (χ0) is 23.3. The fraction of sp³-hybridized carbons (Fsp3) is 0.346. The van der Waals surface area contributed by atoms with Crippen LogP contribution in [-0.2, 0) is 11.2 Å². The normalized spacial score (nSPS) is 13.9. The molecule has 1 N–H and O–H groups in total. The molecule has 1 fully saturated rings. The summed E-state index contributed by atoms with van der Waals surface area (Å²) in [4.78, 5) is 19.1. The number of hydrogen-bond acceptors (Lipinski definition) is 7. The number of nitrogens with zero attached hydrogens (tertiary/aromatic N) is 4. The smallest absolute Gasteiger partial charge is 0.318 e. The first-order chi connectivity index (χ1) is 16.7. The van der Waals surface area contributed by atoms with Gasteiger partial charge in [-0.2, -0.15) is 9.97 Å². The van der Waals surface area contributed by atoms with Gasteiger partial charge < -0.3 is 24.1 Å². The van der Waals surface area contributed by atoms with Crippen molar-refractivity contribution in [3.63, 3.8) is 0 Å². The van der Waals surface area contributed by atoms with Gasteiger partial charge in [-0.1, -0.05) is 6.07 Å². The number of nitrogens with one attached hydrogen (secondary N) is 1. The monoisotopic (exact) mass is 459 g/mol. The summed E-state index contributed by atoms with van der Waals surface area (Å²) in [5, 5.41) is 1.25. The summed E-state index contributed by atoms with van der Waals surface area (Å²) in [6.07, 6.45) is 4.09. The van der Waals surface area contributed by atoms with Gasteiger partial charge in [0.2, 0.25) is 0 Å². The van der Waals surface area contributed by atoms with E-state index in [-0.39, 0.29) is 0 Å². The molecule has 8 heteroatoms. The maximum Gasteiger partial charge on any atom is 0.318 e. The molecule has 5 rings (SSSR count). The van der Waals surface area contributed by atoms with E-state index in [1.165, 1.54) is 22.2 Å². The van der Waals surface area contributed by atoms with Crippen LogP contribution in [0.5, 0.6) is 11.8 Å². The van der Waals surface area contributed by atoms with Crippen LogP contribution in [0.1, 0.15) is 22.5 Å². The van der Waals surface area contributed by atoms with Crippen molar-refractivity contribution >= 4 is 16.7 Å². The van der Waals surface area contributed by atoms with Crippen molar-refractivity contribution in [1.29, 1.82) is 0 Å². The molecule has 0 amide bonds. The molecule has 4 aromatic rings. The highest BCUT2D eigenvalue weighted by Gasteiger charge is 2.16. The first-order valence-corrected chi connectivity index (χ1v) is 11.6. The molecule has 1 aliphatic heterocycles. The van der Waals surface area contributed by atoms with Crippen LogP contribution >= 0.6 is 0 Å². The van der Waals surface area contributed by atoms with E-state index < -0.39 is 0 Å². The van der Waals surface area contributed by atoms with Gasteiger partial charge in [-0.15, -0.1) is 0 Å². The number of morpholine rings is 1. The molecule has 0 unspecified atom stereocenters. The maximum atomic E-state index is 5.90. The molecule has 1 aliphatic rings. The molecule has 0 saturated carbocycles. The number of aryl methyl sites for hydroxylation is 2. The van der Waals surface area contributed by atoms with E-state index in [0.29, 0.717) is 44.6 Å². The van der Waals surface area contributed by atoms with Crippen LogP contribution in [0, 0.1) is 13.8 Å². The van der Waals surface area contributed by atoms with Crippen LogP contribution in [0.4, 0.5) is 5.82 Å². The van der Waals surface area contributed by atoms with Crippen LogP contribution < -0.4 is 14.4 Å². The zero-order valence-corrected chi connectivity index (χ0v) is 19.6. The molecule has 0 spiro atoms. The fourth-order valence-electron chi connectivity index (χ4n) is 4.12. The van der Waals surface area contributed by atoms with Crippen molar-refractivity contribution < 1.29 is 14.2 Å². The molecule has 1 saturated heterocycles. The molecule has 1 aromatic carbocycles. The topological polar surface area (TPSA) is 85.4 Å². The number of ether oxygens (including phenoxy) is 3. The van der Waals surface area contributed by atoms with Crippen LogP contribution in [0.25, 0.3) is 10.9 Å². The second-order valence-corrected chi connectivity index (χ2v) is 8.42. The average Bonchev–Trinajstić information content (AvgIpc) is 3.16. The summed E-state index contributed by atoms with van der Waals surface area (Å²) in [5.41, 5.74) is 5.77. The Morgan fingerprint density at radius 3 is 2.71 bits per heavy atom. The molecule has 0 atom stereocenters. The van der Waals surface area contributed by atoms with Crippen molar-refractivity contribution in [2.75, 3.05) is 44.4 Å². The third-order valence-corrected chi connectivity index (χ3v) is 6.06. The van der Waals surface area contributed by atoms with E-state index in [9.17, 15) is 0 Å². The van der Waals surface area contributed by atoms with Crippen LogP contribution in [0.15, 0.2) is 48.8 Å². The number of benzene rings is 1. The Morgan fingerprint density at radius 1 is 1.03 bits per heavy atom. The summed E-state index contributed by atoms with van der Waals surface area (Å²) in [5.74, 6) is 1.58. The minimum Gasteiger partial charge on any atom is -0.488 e. The molecule has 0 aliphatic carbocycles. The largest absolute Gasteiger partial charge is 0.488 e. The van der Waals surface area contributed by atoms with Gasteiger partial charge in [0, 0.05) is 48.4 Å². The molecular formula is C26H29N5O3. The molecule has 0 radical (unpaired) electrons. The summed E-state index contributed by atoms with van der Waals surface area (Å²) >= 11 is 0. The Labute approximate surface area is 198 Å². The number of anilines is 1. The Hall–Kier alpha value is -3.65. The lowest BCUT2D eigenvalue weighted by Gasteiger charge is -2.28. The Bertz CT molecular complexity index is 1250. The molecule has 0 bridgehead atoms. The number of hydrogen-bond donors (Lipinski definition) is 1. The summed E-state index contributed by atoms with van der Waals surface area (Å²) < 4.78 is 17.1. The highest BCUT2D eigenvalue weighted by molar-refractivity contribution is 5.85. The van der Waals surface area contributed by atoms with E-state index in [1.54, 1.807) is 12.4 Å². The summed E-state index contributed by atoms with van der Waals surface area (Å²) in [6.45, 7) is 7.97. The van der Waals surface area contributed by atoms with Gasteiger partial charge in [-0.3, -0.25) is 4.98 Å². The van der Waals surface area contributed by atoms with Crippen molar-refractivity contribution in [2.24, 2.45) is 0 Å². The van der Waals surface area contributed by atoms with Gasteiger partial charge in [0.25, 0.3) is 0 Å². The third-order valence-electron chi connectivity index (χ3n) is 6.06. The summed E-state index contributed by atoms with van der Waals surface area (Å²) in [7, 11) is 0. The Morgan fingerprint density at radius 2 is 1.88 bits per heavy atom. The number of aromatic nitrogens is 4. The second-order valence-electron chi connectivity index (χ2n) is 8.42. The fourth-order valence-corrected chi connectivity index (χ4v) is 4.12. The standard InChI is InChI=1S/C26H29N5O3/c1-18-19(2)28-24-6-5-20(15-23(18)24)14-21-16-25(31-8-10-32-11-9-31)30-26(29-21)34-13-12-33-22-4-3-7-27-17-22/h3-7,15-17,28H,8-14H2,1-2H3. The second kappa shape index (κ2) is 10.1. The number of fused-ring (bicyclic) bond motifs is 1. The average molecular weight is 460 g/mol. The Balaban J connectivity index is 1.34. The highest BCUT2D eigenvalue weighted by atomic mass is 16.5. The molecule has 4 heterocycles. The van der Waals surface area contributed by atoms with Gasteiger partial charge in [0.05, 0.1) is 25.1 Å². The minimum absolute atomic E-state index is 0.342. The lowest BCUT2D eigenvalue weighted by atomic mass is 10.0. The predicted molar refractivity (Wildman–Crippen MR) is 131 cm³/mol. The highest BCUT2D eigenvalue weighted by Crippen LogP contribution is 2.25. The van der Waals surface area contributed by atoms with E-state index in [4.69, 9.17) is 19.2 Å². The molecular weight excluding hydrogens is 430 g/mol. The first-order valence-electron chi connectivity index (χ1n) is 11.6. The zero-order valence-electron chi connectivity index (χ0n) is 19.6. The number of rotatable bonds is 8. The number of H-pyrrole nitrogens is 1. The third kappa shape index (κ3) is 5.12. The van der Waals surface area contributed by atoms with Gasteiger partial charge >= 0.3 is 6.01 Å². The van der Waals surface area contributed by atoms with Gasteiger partial charge in [0.1, 0.15) is 24.8 Å². The van der Waals surface area contributed by atoms with Crippen LogP contribution in [0.3, 0.4) is 0 Å². The summed E-state index contributed by atoms with van der Waals surface area (Å²) in [6, 6.07) is 12.7. The first kappa shape index (κ1) is 22.2. The Kier molecular flexibility index (Phi) is 6.58. The molecule has 3 aromatic heterocycles. The molecule has 8 nitrogen and oxygen atoms in total. The maximum absolute atomic E-state index is 5.90. The van der Waals surface area contributed by atoms with Crippen molar-refractivity contribution in [3.8, 4) is 11.8 Å². The quantitative estimate of drug-likeness (QED) is 0.401. The minimum atomic E-state index is 0.342. The predicted octanol–water partition coefficient (Wildman–Crippen LogP) is 3.85. The lowest BCUT2D eigenvalue weighted by Crippen LogP contribution is -2.37. The van der Waals surface area contributed by atoms with Crippen molar-refractivity contribution in [1.82, 2.24) is 19.9 Å².